The van der Waals surface area contributed by atoms with Gasteiger partial charge in [0.15, 0.2) is 0 Å². The van der Waals surface area contributed by atoms with E-state index in [4.69, 9.17) is 9.84 Å². The lowest BCUT2D eigenvalue weighted by Crippen LogP contribution is -2.55. The van der Waals surface area contributed by atoms with E-state index in [1.807, 2.05) is 32.6 Å². The summed E-state index contributed by atoms with van der Waals surface area (Å²) >= 11 is 0. The third kappa shape index (κ3) is 6.33. The Morgan fingerprint density at radius 2 is 1.90 bits per heavy atom. The Morgan fingerprint density at radius 3 is 2.43 bits per heavy atom. The average molecular weight is 300 g/mol. The van der Waals surface area contributed by atoms with Crippen LogP contribution in [-0.2, 0) is 9.53 Å². The smallest absolute Gasteiger partial charge is 0.407 e. The van der Waals surface area contributed by atoms with Crippen molar-refractivity contribution in [1.82, 2.24) is 10.2 Å². The van der Waals surface area contributed by atoms with Crippen molar-refractivity contribution in [2.45, 2.75) is 71.1 Å². The number of rotatable bonds is 5. The summed E-state index contributed by atoms with van der Waals surface area (Å²) in [7, 11) is 0. The van der Waals surface area contributed by atoms with Crippen LogP contribution in [0.1, 0.15) is 53.4 Å². The first-order valence-electron chi connectivity index (χ1n) is 7.68. The van der Waals surface area contributed by atoms with Crippen molar-refractivity contribution in [2.24, 2.45) is 0 Å². The van der Waals surface area contributed by atoms with Crippen LogP contribution in [-0.4, -0.2) is 52.8 Å². The third-order valence-electron chi connectivity index (χ3n) is 3.65. The Balaban J connectivity index is 2.68. The predicted molar refractivity (Wildman–Crippen MR) is 80.3 cm³/mol. The van der Waals surface area contributed by atoms with E-state index < -0.39 is 17.7 Å². The SMILES string of the molecule is CCN(CC(=O)O)[C@@H]1CCCC[C@H]1NC(=O)OC(C)(C)C. The summed E-state index contributed by atoms with van der Waals surface area (Å²) < 4.78 is 5.30. The topological polar surface area (TPSA) is 78.9 Å². The summed E-state index contributed by atoms with van der Waals surface area (Å²) in [4.78, 5) is 24.8. The molecule has 0 bridgehead atoms. The number of hydrogen-bond acceptors (Lipinski definition) is 4. The zero-order valence-electron chi connectivity index (χ0n) is 13.5. The molecule has 1 saturated carbocycles. The van der Waals surface area contributed by atoms with E-state index in [0.717, 1.165) is 25.7 Å². The van der Waals surface area contributed by atoms with Gasteiger partial charge in [0.2, 0.25) is 0 Å². The summed E-state index contributed by atoms with van der Waals surface area (Å²) in [5.74, 6) is -0.835. The van der Waals surface area contributed by atoms with Gasteiger partial charge in [-0.25, -0.2) is 4.79 Å². The normalized spacial score (nSPS) is 22.9. The fourth-order valence-electron chi connectivity index (χ4n) is 2.81. The van der Waals surface area contributed by atoms with E-state index in [0.29, 0.717) is 6.54 Å². The number of aliphatic carboxylic acids is 1. The van der Waals surface area contributed by atoms with Crippen LogP contribution in [0.5, 0.6) is 0 Å². The minimum atomic E-state index is -0.835. The van der Waals surface area contributed by atoms with Gasteiger partial charge in [-0.05, 0) is 40.2 Å². The monoisotopic (exact) mass is 300 g/mol. The molecule has 1 rings (SSSR count). The molecule has 0 aromatic heterocycles. The second kappa shape index (κ2) is 7.64. The highest BCUT2D eigenvalue weighted by atomic mass is 16.6. The summed E-state index contributed by atoms with van der Waals surface area (Å²) in [6, 6.07) is 0.0141. The van der Waals surface area contributed by atoms with Gasteiger partial charge in [-0.3, -0.25) is 9.69 Å². The molecule has 0 radical (unpaired) electrons. The van der Waals surface area contributed by atoms with E-state index in [-0.39, 0.29) is 18.6 Å². The van der Waals surface area contributed by atoms with E-state index in [1.165, 1.54) is 0 Å². The van der Waals surface area contributed by atoms with Crippen molar-refractivity contribution in [3.8, 4) is 0 Å². The van der Waals surface area contributed by atoms with Gasteiger partial charge >= 0.3 is 12.1 Å². The molecule has 1 aliphatic carbocycles. The van der Waals surface area contributed by atoms with E-state index in [2.05, 4.69) is 5.32 Å². The van der Waals surface area contributed by atoms with Gasteiger partial charge in [-0.2, -0.15) is 0 Å². The predicted octanol–water partition coefficient (Wildman–Crippen LogP) is 2.23. The Labute approximate surface area is 126 Å². The number of alkyl carbamates (subject to hydrolysis) is 1. The molecule has 0 heterocycles. The van der Waals surface area contributed by atoms with Gasteiger partial charge in [0.1, 0.15) is 5.60 Å². The molecule has 6 nitrogen and oxygen atoms in total. The Bertz CT molecular complexity index is 365. The fraction of sp³-hybridized carbons (Fsp3) is 0.867. The zero-order valence-corrected chi connectivity index (χ0v) is 13.5. The van der Waals surface area contributed by atoms with Gasteiger partial charge in [-0.1, -0.05) is 19.8 Å². The lowest BCUT2D eigenvalue weighted by Gasteiger charge is -2.39. The van der Waals surface area contributed by atoms with Gasteiger partial charge in [0, 0.05) is 12.1 Å². The number of carbonyl (C=O) groups is 2. The van der Waals surface area contributed by atoms with Gasteiger partial charge < -0.3 is 15.2 Å². The number of nitrogens with zero attached hydrogens (tertiary/aromatic N) is 1. The number of nitrogens with one attached hydrogen (secondary N) is 1. The van der Waals surface area contributed by atoms with Crippen molar-refractivity contribution in [3.05, 3.63) is 0 Å². The maximum Gasteiger partial charge on any atom is 0.407 e. The number of amides is 1. The molecule has 1 fully saturated rings. The Hall–Kier alpha value is -1.30. The van der Waals surface area contributed by atoms with Crippen LogP contribution in [0.2, 0.25) is 0 Å². The number of carbonyl (C=O) groups excluding carboxylic acids is 1. The number of carboxylic acids is 1. The molecular weight excluding hydrogens is 272 g/mol. The summed E-state index contributed by atoms with van der Waals surface area (Å²) in [6.45, 7) is 8.09. The fourth-order valence-corrected chi connectivity index (χ4v) is 2.81. The lowest BCUT2D eigenvalue weighted by molar-refractivity contribution is -0.139. The van der Waals surface area contributed by atoms with Crippen LogP contribution in [0, 0.1) is 0 Å². The van der Waals surface area contributed by atoms with Crippen LogP contribution in [0.3, 0.4) is 0 Å². The van der Waals surface area contributed by atoms with Crippen molar-refractivity contribution in [2.75, 3.05) is 13.1 Å². The molecule has 6 heteroatoms. The molecule has 0 saturated heterocycles. The Kier molecular flexibility index (Phi) is 6.45. The van der Waals surface area contributed by atoms with E-state index >= 15 is 0 Å². The molecule has 2 atom stereocenters. The number of likely N-dealkylation sites (N-methyl/N-ethyl adjacent to an activating group) is 1. The molecule has 0 unspecified atom stereocenters. The van der Waals surface area contributed by atoms with Crippen molar-refractivity contribution in [3.63, 3.8) is 0 Å². The summed E-state index contributed by atoms with van der Waals surface area (Å²) in [5.41, 5.74) is -0.528. The number of carboxylic acid groups (broad SMARTS) is 1. The van der Waals surface area contributed by atoms with Crippen molar-refractivity contribution in [1.29, 1.82) is 0 Å². The minimum absolute atomic E-state index is 0.00760. The second-order valence-corrected chi connectivity index (χ2v) is 6.56. The molecule has 0 aliphatic heterocycles. The highest BCUT2D eigenvalue weighted by molar-refractivity contribution is 5.69. The number of ether oxygens (including phenoxy) is 1. The quantitative estimate of drug-likeness (QED) is 0.814. The van der Waals surface area contributed by atoms with E-state index in [1.54, 1.807) is 0 Å². The van der Waals surface area contributed by atoms with Crippen LogP contribution in [0.4, 0.5) is 4.79 Å². The maximum atomic E-state index is 11.9. The summed E-state index contributed by atoms with van der Waals surface area (Å²) in [6.07, 6.45) is 3.45. The average Bonchev–Trinajstić information content (AvgIpc) is 2.34. The zero-order chi connectivity index (χ0) is 16.0. The second-order valence-electron chi connectivity index (χ2n) is 6.56. The minimum Gasteiger partial charge on any atom is -0.480 e. The molecule has 0 aromatic carbocycles. The van der Waals surface area contributed by atoms with Crippen LogP contribution < -0.4 is 5.32 Å². The summed E-state index contributed by atoms with van der Waals surface area (Å²) in [5, 5.41) is 11.9. The van der Waals surface area contributed by atoms with Crippen molar-refractivity contribution >= 4 is 12.1 Å². The molecular formula is C15H28N2O4. The van der Waals surface area contributed by atoms with Crippen LogP contribution in [0.15, 0.2) is 0 Å². The van der Waals surface area contributed by atoms with Gasteiger partial charge in [0.05, 0.1) is 6.54 Å². The molecule has 2 N–H and O–H groups in total. The first-order valence-corrected chi connectivity index (χ1v) is 7.68. The molecule has 1 amide bonds. The third-order valence-corrected chi connectivity index (χ3v) is 3.65. The maximum absolute atomic E-state index is 11.9. The first-order chi connectivity index (χ1) is 9.73. The molecule has 21 heavy (non-hydrogen) atoms. The van der Waals surface area contributed by atoms with Crippen molar-refractivity contribution < 1.29 is 19.4 Å². The first kappa shape index (κ1) is 17.8. The molecule has 0 aromatic rings. The molecule has 122 valence electrons. The highest BCUT2D eigenvalue weighted by Crippen LogP contribution is 2.23. The number of hydrogen-bond donors (Lipinski definition) is 2. The molecule has 1 aliphatic rings. The van der Waals surface area contributed by atoms with Gasteiger partial charge in [0.25, 0.3) is 0 Å². The highest BCUT2D eigenvalue weighted by Gasteiger charge is 2.32. The lowest BCUT2D eigenvalue weighted by atomic mass is 9.89. The molecule has 0 spiro atoms. The Morgan fingerprint density at radius 1 is 1.29 bits per heavy atom. The van der Waals surface area contributed by atoms with Gasteiger partial charge in [-0.15, -0.1) is 0 Å². The van der Waals surface area contributed by atoms with Crippen LogP contribution >= 0.6 is 0 Å². The standard InChI is InChI=1S/C15H28N2O4/c1-5-17(10-13(18)19)12-9-7-6-8-11(12)16-14(20)21-15(2,3)4/h11-12H,5-10H2,1-4H3,(H,16,20)(H,18,19)/t11-,12-/m1/s1. The van der Waals surface area contributed by atoms with E-state index in [9.17, 15) is 9.59 Å². The van der Waals surface area contributed by atoms with Crippen LogP contribution in [0.25, 0.3) is 0 Å². The largest absolute Gasteiger partial charge is 0.480 e.